The first-order chi connectivity index (χ1) is 9.41. The number of amides is 1. The predicted octanol–water partition coefficient (Wildman–Crippen LogP) is 1.88. The Labute approximate surface area is 115 Å². The van der Waals surface area contributed by atoms with Crippen molar-refractivity contribution in [3.8, 4) is 0 Å². The third-order valence-electron chi connectivity index (χ3n) is 3.09. The van der Waals surface area contributed by atoms with E-state index >= 15 is 0 Å². The van der Waals surface area contributed by atoms with Crippen LogP contribution in [0.25, 0.3) is 0 Å². The van der Waals surface area contributed by atoms with Gasteiger partial charge in [-0.3, -0.25) is 9.59 Å². The molecule has 0 atom stereocenters. The maximum absolute atomic E-state index is 13.8. The van der Waals surface area contributed by atoms with E-state index in [4.69, 9.17) is 0 Å². The van der Waals surface area contributed by atoms with Crippen LogP contribution in [0.1, 0.15) is 30.6 Å². The SMILES string of the molecule is CC(C)NCCCN1C(=O)C(=O)c2cc(F)cc(F)c21. The van der Waals surface area contributed by atoms with Gasteiger partial charge in [0.2, 0.25) is 0 Å². The largest absolute Gasteiger partial charge is 0.314 e. The number of hydrogen-bond donors (Lipinski definition) is 1. The number of anilines is 1. The lowest BCUT2D eigenvalue weighted by molar-refractivity contribution is -0.114. The van der Waals surface area contributed by atoms with Crippen LogP contribution in [-0.4, -0.2) is 30.8 Å². The summed E-state index contributed by atoms with van der Waals surface area (Å²) in [6.45, 7) is 4.85. The van der Waals surface area contributed by atoms with E-state index in [1.165, 1.54) is 0 Å². The van der Waals surface area contributed by atoms with Gasteiger partial charge in [0, 0.05) is 18.7 Å². The highest BCUT2D eigenvalue weighted by Gasteiger charge is 2.38. The molecule has 1 amide bonds. The summed E-state index contributed by atoms with van der Waals surface area (Å²) in [4.78, 5) is 24.6. The molecule has 108 valence electrons. The summed E-state index contributed by atoms with van der Waals surface area (Å²) >= 11 is 0. The van der Waals surface area contributed by atoms with Crippen LogP contribution in [0.15, 0.2) is 12.1 Å². The number of fused-ring (bicyclic) bond motifs is 1. The van der Waals surface area contributed by atoms with Gasteiger partial charge in [-0.1, -0.05) is 13.8 Å². The van der Waals surface area contributed by atoms with Crippen LogP contribution in [0.5, 0.6) is 0 Å². The minimum atomic E-state index is -0.879. The van der Waals surface area contributed by atoms with Crippen LogP contribution in [0.2, 0.25) is 0 Å². The molecule has 4 nitrogen and oxygen atoms in total. The molecule has 0 spiro atoms. The Bertz CT molecular complexity index is 558. The number of benzene rings is 1. The fraction of sp³-hybridized carbons (Fsp3) is 0.429. The lowest BCUT2D eigenvalue weighted by Crippen LogP contribution is -2.33. The molecule has 20 heavy (non-hydrogen) atoms. The average molecular weight is 282 g/mol. The molecule has 0 saturated heterocycles. The van der Waals surface area contributed by atoms with Crippen molar-refractivity contribution in [1.29, 1.82) is 0 Å². The van der Waals surface area contributed by atoms with Gasteiger partial charge in [0.25, 0.3) is 11.7 Å². The van der Waals surface area contributed by atoms with E-state index in [-0.39, 0.29) is 17.8 Å². The molecule has 0 fully saturated rings. The fourth-order valence-electron chi connectivity index (χ4n) is 2.19. The molecule has 1 aromatic rings. The van der Waals surface area contributed by atoms with E-state index < -0.39 is 23.3 Å². The number of halogens is 2. The molecule has 1 aromatic carbocycles. The van der Waals surface area contributed by atoms with Crippen molar-refractivity contribution in [1.82, 2.24) is 5.32 Å². The van der Waals surface area contributed by atoms with Crippen molar-refractivity contribution in [3.05, 3.63) is 29.3 Å². The van der Waals surface area contributed by atoms with Gasteiger partial charge in [-0.2, -0.15) is 0 Å². The number of rotatable bonds is 5. The van der Waals surface area contributed by atoms with Gasteiger partial charge in [-0.25, -0.2) is 8.78 Å². The van der Waals surface area contributed by atoms with Crippen LogP contribution in [0.4, 0.5) is 14.5 Å². The van der Waals surface area contributed by atoms with E-state index in [9.17, 15) is 18.4 Å². The first-order valence-corrected chi connectivity index (χ1v) is 6.50. The first kappa shape index (κ1) is 14.6. The van der Waals surface area contributed by atoms with Gasteiger partial charge in [0.05, 0.1) is 11.3 Å². The zero-order valence-electron chi connectivity index (χ0n) is 11.4. The molecule has 2 rings (SSSR count). The highest BCUT2D eigenvalue weighted by molar-refractivity contribution is 6.52. The molecule has 0 bridgehead atoms. The summed E-state index contributed by atoms with van der Waals surface area (Å²) in [6, 6.07) is 1.90. The summed E-state index contributed by atoms with van der Waals surface area (Å²) in [5, 5.41) is 3.17. The van der Waals surface area contributed by atoms with Crippen LogP contribution in [0, 0.1) is 11.6 Å². The second kappa shape index (κ2) is 5.66. The van der Waals surface area contributed by atoms with Gasteiger partial charge in [-0.15, -0.1) is 0 Å². The van der Waals surface area contributed by atoms with Gasteiger partial charge < -0.3 is 10.2 Å². The third kappa shape index (κ3) is 2.70. The summed E-state index contributed by atoms with van der Waals surface area (Å²) < 4.78 is 26.9. The molecule has 0 aromatic heterocycles. The normalized spacial score (nSPS) is 14.3. The molecular weight excluding hydrogens is 266 g/mol. The maximum Gasteiger partial charge on any atom is 0.299 e. The second-order valence-electron chi connectivity index (χ2n) is 5.03. The van der Waals surface area contributed by atoms with Crippen molar-refractivity contribution in [2.75, 3.05) is 18.0 Å². The third-order valence-corrected chi connectivity index (χ3v) is 3.09. The number of hydrogen-bond acceptors (Lipinski definition) is 3. The van der Waals surface area contributed by atoms with Crippen molar-refractivity contribution in [3.63, 3.8) is 0 Å². The van der Waals surface area contributed by atoms with Gasteiger partial charge in [-0.05, 0) is 19.0 Å². The van der Waals surface area contributed by atoms with E-state index in [2.05, 4.69) is 5.32 Å². The second-order valence-corrected chi connectivity index (χ2v) is 5.03. The molecule has 0 aliphatic carbocycles. The van der Waals surface area contributed by atoms with Crippen molar-refractivity contribution in [2.24, 2.45) is 0 Å². The molecule has 0 saturated carbocycles. The predicted molar refractivity (Wildman–Crippen MR) is 70.8 cm³/mol. The Balaban J connectivity index is 2.16. The van der Waals surface area contributed by atoms with E-state index in [0.29, 0.717) is 25.1 Å². The van der Waals surface area contributed by atoms with E-state index in [0.717, 1.165) is 11.0 Å². The zero-order valence-corrected chi connectivity index (χ0v) is 11.4. The molecule has 0 radical (unpaired) electrons. The monoisotopic (exact) mass is 282 g/mol. The Morgan fingerprint density at radius 1 is 1.25 bits per heavy atom. The van der Waals surface area contributed by atoms with Crippen LogP contribution in [0.3, 0.4) is 0 Å². The number of ketones is 1. The summed E-state index contributed by atoms with van der Waals surface area (Å²) in [6.07, 6.45) is 0.577. The molecule has 6 heteroatoms. The van der Waals surface area contributed by atoms with Crippen molar-refractivity contribution in [2.45, 2.75) is 26.3 Å². The highest BCUT2D eigenvalue weighted by Crippen LogP contribution is 2.32. The molecule has 1 heterocycles. The topological polar surface area (TPSA) is 49.4 Å². The number of carbonyl (C=O) groups is 2. The molecule has 1 aliphatic rings. The number of carbonyl (C=O) groups excluding carboxylic acids is 2. The summed E-state index contributed by atoms with van der Waals surface area (Å²) in [5.41, 5.74) is -0.296. The Hall–Kier alpha value is -1.82. The molecule has 1 N–H and O–H groups in total. The van der Waals surface area contributed by atoms with Crippen LogP contribution in [-0.2, 0) is 4.79 Å². The van der Waals surface area contributed by atoms with Gasteiger partial charge in [0.1, 0.15) is 5.82 Å². The average Bonchev–Trinajstić information content (AvgIpc) is 2.59. The van der Waals surface area contributed by atoms with E-state index in [1.807, 2.05) is 13.8 Å². The number of nitrogens with zero attached hydrogens (tertiary/aromatic N) is 1. The minimum Gasteiger partial charge on any atom is -0.314 e. The highest BCUT2D eigenvalue weighted by atomic mass is 19.1. The molecular formula is C14H16F2N2O2. The summed E-state index contributed by atoms with van der Waals surface area (Å²) in [5.74, 6) is -3.38. The number of nitrogens with one attached hydrogen (secondary N) is 1. The van der Waals surface area contributed by atoms with E-state index in [1.54, 1.807) is 0 Å². The van der Waals surface area contributed by atoms with Gasteiger partial charge >= 0.3 is 0 Å². The van der Waals surface area contributed by atoms with Gasteiger partial charge in [0.15, 0.2) is 5.82 Å². The molecule has 1 aliphatic heterocycles. The van der Waals surface area contributed by atoms with Crippen molar-refractivity contribution < 1.29 is 18.4 Å². The smallest absolute Gasteiger partial charge is 0.299 e. The van der Waals surface area contributed by atoms with Crippen LogP contribution >= 0.6 is 0 Å². The maximum atomic E-state index is 13.8. The standard InChI is InChI=1S/C14H16F2N2O2/c1-8(2)17-4-3-5-18-12-10(13(19)14(18)20)6-9(15)7-11(12)16/h6-8,17H,3-5H2,1-2H3. The van der Waals surface area contributed by atoms with Crippen molar-refractivity contribution >= 4 is 17.4 Å². The lowest BCUT2D eigenvalue weighted by Gasteiger charge is -2.17. The fourth-order valence-corrected chi connectivity index (χ4v) is 2.19. The lowest BCUT2D eigenvalue weighted by atomic mass is 10.1. The quantitative estimate of drug-likeness (QED) is 0.662. The number of Topliss-reactive ketones (excluding diaryl/α,β-unsaturated/α-hetero) is 1. The first-order valence-electron chi connectivity index (χ1n) is 6.50. The Morgan fingerprint density at radius 2 is 1.95 bits per heavy atom. The minimum absolute atomic E-state index is 0.106. The summed E-state index contributed by atoms with van der Waals surface area (Å²) in [7, 11) is 0. The zero-order chi connectivity index (χ0) is 14.9. The van der Waals surface area contributed by atoms with Crippen LogP contribution < -0.4 is 10.2 Å². The molecule has 0 unspecified atom stereocenters. The Morgan fingerprint density at radius 3 is 2.60 bits per heavy atom. The Kier molecular flexibility index (Phi) is 4.13.